The number of unbranched alkanes of at least 4 members (excludes halogenated alkanes) is 2. The van der Waals surface area contributed by atoms with E-state index < -0.39 is 5.97 Å². The Morgan fingerprint density at radius 2 is 1.83 bits per heavy atom. The fourth-order valence-electron chi connectivity index (χ4n) is 4.82. The smallest absolute Gasteiger partial charge is 0.303 e. The summed E-state index contributed by atoms with van der Waals surface area (Å²) in [5, 5.41) is 10.5. The van der Waals surface area contributed by atoms with Crippen LogP contribution in [0.25, 0.3) is 6.08 Å². The summed E-state index contributed by atoms with van der Waals surface area (Å²) in [6.45, 7) is 0. The molecule has 2 nitrogen and oxygen atoms in total. The van der Waals surface area contributed by atoms with E-state index in [4.69, 9.17) is 5.11 Å². The van der Waals surface area contributed by atoms with E-state index in [9.17, 15) is 4.79 Å². The highest BCUT2D eigenvalue weighted by molar-refractivity contribution is 8.01. The van der Waals surface area contributed by atoms with E-state index in [1.807, 2.05) is 11.8 Å². The summed E-state index contributed by atoms with van der Waals surface area (Å²) >= 11 is 4.32. The van der Waals surface area contributed by atoms with Crippen molar-refractivity contribution >= 4 is 35.6 Å². The molecule has 2 aliphatic rings. The SMILES string of the molecule is O=C(O)CCCC=CC[C@@H]1[C@H](CCCCSCC=Cc2ccccc2)[C@@H]2CC[C@H]1S2. The number of thioether (sulfide) groups is 2. The zero-order valence-electron chi connectivity index (χ0n) is 18.0. The van der Waals surface area contributed by atoms with Crippen LogP contribution in [0.3, 0.4) is 0 Å². The number of allylic oxidation sites excluding steroid dienone is 2. The Labute approximate surface area is 191 Å². The molecule has 30 heavy (non-hydrogen) atoms. The van der Waals surface area contributed by atoms with Gasteiger partial charge in [0.15, 0.2) is 0 Å². The molecule has 0 radical (unpaired) electrons. The van der Waals surface area contributed by atoms with Gasteiger partial charge in [-0.25, -0.2) is 0 Å². The lowest BCUT2D eigenvalue weighted by Gasteiger charge is -2.29. The number of aliphatic carboxylic acids is 1. The molecule has 0 aromatic heterocycles. The largest absolute Gasteiger partial charge is 0.481 e. The molecule has 3 rings (SSSR count). The number of carbonyl (C=O) groups is 1. The minimum atomic E-state index is -0.682. The maximum absolute atomic E-state index is 10.6. The average molecular weight is 445 g/mol. The van der Waals surface area contributed by atoms with E-state index in [1.54, 1.807) is 0 Å². The second kappa shape index (κ2) is 13.3. The minimum Gasteiger partial charge on any atom is -0.481 e. The molecule has 0 amide bonds. The molecule has 2 aliphatic heterocycles. The van der Waals surface area contributed by atoms with Gasteiger partial charge in [0.05, 0.1) is 0 Å². The van der Waals surface area contributed by atoms with Crippen LogP contribution in [-0.2, 0) is 4.79 Å². The molecule has 1 aromatic carbocycles. The highest BCUT2D eigenvalue weighted by Gasteiger charge is 2.46. The molecule has 0 saturated carbocycles. The molecule has 2 saturated heterocycles. The highest BCUT2D eigenvalue weighted by Crippen LogP contribution is 2.55. The predicted octanol–water partition coefficient (Wildman–Crippen LogP) is 7.31. The first-order valence-electron chi connectivity index (χ1n) is 11.6. The van der Waals surface area contributed by atoms with Crippen molar-refractivity contribution in [2.24, 2.45) is 11.8 Å². The van der Waals surface area contributed by atoms with Crippen molar-refractivity contribution in [3.8, 4) is 0 Å². The van der Waals surface area contributed by atoms with Gasteiger partial charge in [-0.1, -0.05) is 61.1 Å². The lowest BCUT2D eigenvalue weighted by Crippen LogP contribution is -2.26. The summed E-state index contributed by atoms with van der Waals surface area (Å²) in [7, 11) is 0. The number of carboxylic acid groups (broad SMARTS) is 1. The zero-order chi connectivity index (χ0) is 21.0. The topological polar surface area (TPSA) is 37.3 Å². The summed E-state index contributed by atoms with van der Waals surface area (Å²) < 4.78 is 0. The van der Waals surface area contributed by atoms with Crippen LogP contribution in [0.5, 0.6) is 0 Å². The fourth-order valence-corrected chi connectivity index (χ4v) is 7.68. The van der Waals surface area contributed by atoms with Crippen molar-refractivity contribution < 1.29 is 9.90 Å². The Hall–Kier alpha value is -1.13. The first-order chi connectivity index (χ1) is 14.7. The maximum atomic E-state index is 10.6. The lowest BCUT2D eigenvalue weighted by molar-refractivity contribution is -0.137. The summed E-state index contributed by atoms with van der Waals surface area (Å²) in [6, 6.07) is 10.5. The van der Waals surface area contributed by atoms with E-state index >= 15 is 0 Å². The first kappa shape index (κ1) is 23.5. The van der Waals surface area contributed by atoms with E-state index in [-0.39, 0.29) is 6.42 Å². The Bertz CT molecular complexity index is 686. The van der Waals surface area contributed by atoms with Gasteiger partial charge in [0.2, 0.25) is 0 Å². The van der Waals surface area contributed by atoms with E-state index in [2.05, 4.69) is 66.4 Å². The number of rotatable bonds is 14. The Kier molecular flexibility index (Phi) is 10.4. The molecule has 0 unspecified atom stereocenters. The molecule has 2 fully saturated rings. The van der Waals surface area contributed by atoms with Crippen molar-refractivity contribution in [2.45, 2.75) is 68.3 Å². The Morgan fingerprint density at radius 3 is 2.63 bits per heavy atom. The molecule has 164 valence electrons. The van der Waals surface area contributed by atoms with Gasteiger partial charge in [0.25, 0.3) is 0 Å². The van der Waals surface area contributed by atoms with Crippen molar-refractivity contribution in [2.75, 3.05) is 11.5 Å². The molecule has 1 aromatic rings. The molecular formula is C26H36O2S2. The molecule has 1 N–H and O–H groups in total. The molecular weight excluding hydrogens is 408 g/mol. The Morgan fingerprint density at radius 1 is 1.03 bits per heavy atom. The van der Waals surface area contributed by atoms with Gasteiger partial charge in [-0.05, 0) is 68.1 Å². The van der Waals surface area contributed by atoms with Crippen molar-refractivity contribution in [3.05, 3.63) is 54.1 Å². The standard InChI is InChI=1S/C26H36O2S2/c27-26(28)16-7-2-1-6-14-22-23(25-18-17-24(22)30-25)15-8-9-19-29-20-10-13-21-11-4-3-5-12-21/h1,3-6,10-13,22-25H,2,7-9,14-20H2,(H,27,28)/t22-,23+,24-,25+/m1/s1. The minimum absolute atomic E-state index is 0.289. The molecule has 0 spiro atoms. The predicted molar refractivity (Wildman–Crippen MR) is 133 cm³/mol. The Balaban J connectivity index is 1.28. The lowest BCUT2D eigenvalue weighted by atomic mass is 9.75. The molecule has 2 bridgehead atoms. The van der Waals surface area contributed by atoms with Gasteiger partial charge in [-0.3, -0.25) is 4.79 Å². The normalized spacial score (nSPS) is 25.6. The van der Waals surface area contributed by atoms with Crippen LogP contribution in [0.1, 0.15) is 63.4 Å². The number of benzene rings is 1. The highest BCUT2D eigenvalue weighted by atomic mass is 32.2. The molecule has 4 heteroatoms. The molecule has 0 aliphatic carbocycles. The van der Waals surface area contributed by atoms with Crippen molar-refractivity contribution in [1.82, 2.24) is 0 Å². The van der Waals surface area contributed by atoms with Crippen LogP contribution >= 0.6 is 23.5 Å². The first-order valence-corrected chi connectivity index (χ1v) is 13.7. The van der Waals surface area contributed by atoms with E-state index in [0.717, 1.165) is 40.9 Å². The van der Waals surface area contributed by atoms with Gasteiger partial charge < -0.3 is 5.11 Å². The van der Waals surface area contributed by atoms with Crippen LogP contribution in [0.4, 0.5) is 0 Å². The van der Waals surface area contributed by atoms with Crippen LogP contribution in [0.2, 0.25) is 0 Å². The third-order valence-electron chi connectivity index (χ3n) is 6.33. The summed E-state index contributed by atoms with van der Waals surface area (Å²) in [5.41, 5.74) is 1.29. The van der Waals surface area contributed by atoms with Crippen LogP contribution in [0.15, 0.2) is 48.6 Å². The quantitative estimate of drug-likeness (QED) is 0.241. The second-order valence-electron chi connectivity index (χ2n) is 8.49. The fraction of sp³-hybridized carbons (Fsp3) is 0.577. The maximum Gasteiger partial charge on any atom is 0.303 e. The van der Waals surface area contributed by atoms with Gasteiger partial charge in [0.1, 0.15) is 0 Å². The molecule has 4 atom stereocenters. The van der Waals surface area contributed by atoms with Gasteiger partial charge >= 0.3 is 5.97 Å². The second-order valence-corrected chi connectivity index (χ2v) is 11.1. The monoisotopic (exact) mass is 444 g/mol. The molecule has 2 heterocycles. The van der Waals surface area contributed by atoms with Crippen LogP contribution < -0.4 is 0 Å². The van der Waals surface area contributed by atoms with Crippen LogP contribution in [-0.4, -0.2) is 33.1 Å². The summed E-state index contributed by atoms with van der Waals surface area (Å²) in [4.78, 5) is 10.6. The van der Waals surface area contributed by atoms with E-state index in [1.165, 1.54) is 49.8 Å². The summed E-state index contributed by atoms with van der Waals surface area (Å²) in [6.07, 6.45) is 19.2. The third-order valence-corrected chi connectivity index (χ3v) is 9.20. The van der Waals surface area contributed by atoms with Crippen molar-refractivity contribution in [1.29, 1.82) is 0 Å². The van der Waals surface area contributed by atoms with Gasteiger partial charge in [-0.15, -0.1) is 0 Å². The van der Waals surface area contributed by atoms with Crippen LogP contribution in [0, 0.1) is 11.8 Å². The van der Waals surface area contributed by atoms with Gasteiger partial charge in [0, 0.05) is 22.7 Å². The summed E-state index contributed by atoms with van der Waals surface area (Å²) in [5.74, 6) is 3.44. The number of hydrogen-bond donors (Lipinski definition) is 1. The number of hydrogen-bond acceptors (Lipinski definition) is 3. The zero-order valence-corrected chi connectivity index (χ0v) is 19.6. The average Bonchev–Trinajstić information content (AvgIpc) is 3.35. The van der Waals surface area contributed by atoms with Gasteiger partial charge in [-0.2, -0.15) is 23.5 Å². The van der Waals surface area contributed by atoms with E-state index in [0.29, 0.717) is 0 Å². The third kappa shape index (κ3) is 7.85. The van der Waals surface area contributed by atoms with Crippen molar-refractivity contribution in [3.63, 3.8) is 0 Å². The number of carboxylic acids is 1. The number of fused-ring (bicyclic) bond motifs is 2.